The second kappa shape index (κ2) is 5.90. The summed E-state index contributed by atoms with van der Waals surface area (Å²) in [6.07, 6.45) is 1.07. The first-order valence-corrected chi connectivity index (χ1v) is 7.40. The third-order valence-electron chi connectivity index (χ3n) is 3.17. The Hall–Kier alpha value is -0.790. The molecule has 1 unspecified atom stereocenters. The van der Waals surface area contributed by atoms with Crippen LogP contribution in [0.25, 0.3) is 0 Å². The number of alkyl halides is 1. The Bertz CT molecular complexity index is 531. The maximum absolute atomic E-state index is 6.17. The van der Waals surface area contributed by atoms with E-state index in [2.05, 4.69) is 59.3 Å². The van der Waals surface area contributed by atoms with E-state index in [4.69, 9.17) is 11.6 Å². The van der Waals surface area contributed by atoms with Crippen LogP contribution in [-0.4, -0.2) is 0 Å². The minimum Gasteiger partial charge on any atom is -0.0840 e. The third-order valence-corrected chi connectivity index (χ3v) is 4.63. The first-order chi connectivity index (χ1) is 8.61. The second-order valence-electron chi connectivity index (χ2n) is 4.47. The summed E-state index contributed by atoms with van der Waals surface area (Å²) in [7, 11) is 0. The number of benzene rings is 2. The molecule has 0 bridgehead atoms. The van der Waals surface area contributed by atoms with Crippen LogP contribution < -0.4 is 0 Å². The van der Waals surface area contributed by atoms with E-state index in [1.54, 1.807) is 0 Å². The predicted octanol–water partition coefficient (Wildman–Crippen LogP) is 5.70. The summed E-state index contributed by atoms with van der Waals surface area (Å²) in [5.74, 6) is 0. The maximum Gasteiger partial charge on any atom is 0.0645 e. The lowest BCUT2D eigenvalue weighted by Crippen LogP contribution is -1.94. The van der Waals surface area contributed by atoms with Gasteiger partial charge in [-0.1, -0.05) is 70.9 Å². The Morgan fingerprint density at radius 3 is 2.22 bits per heavy atom. The van der Waals surface area contributed by atoms with Crippen LogP contribution in [0.1, 0.15) is 34.0 Å². The molecule has 0 aliphatic heterocycles. The van der Waals surface area contributed by atoms with E-state index < -0.39 is 0 Å². The van der Waals surface area contributed by atoms with Crippen molar-refractivity contribution in [1.29, 1.82) is 0 Å². The van der Waals surface area contributed by atoms with E-state index in [9.17, 15) is 0 Å². The molecule has 0 spiro atoms. The highest BCUT2D eigenvalue weighted by atomic mass is 79.9. The minimum absolute atomic E-state index is 0.196. The summed E-state index contributed by atoms with van der Waals surface area (Å²) in [6, 6.07) is 14.9. The molecule has 2 aromatic rings. The lowest BCUT2D eigenvalue weighted by atomic mass is 10.0. The number of hydrogen-bond donors (Lipinski definition) is 0. The van der Waals surface area contributed by atoms with E-state index in [-0.39, 0.29) is 4.83 Å². The van der Waals surface area contributed by atoms with Crippen molar-refractivity contribution in [3.05, 3.63) is 69.7 Å². The quantitative estimate of drug-likeness (QED) is 0.636. The van der Waals surface area contributed by atoms with Crippen molar-refractivity contribution in [3.8, 4) is 0 Å². The molecule has 18 heavy (non-hydrogen) atoms. The second-order valence-corrected chi connectivity index (χ2v) is 5.79. The van der Waals surface area contributed by atoms with Crippen LogP contribution in [0.3, 0.4) is 0 Å². The third kappa shape index (κ3) is 2.96. The molecule has 1 atom stereocenters. The van der Waals surface area contributed by atoms with Gasteiger partial charge in [0.1, 0.15) is 0 Å². The molecule has 0 amide bonds. The monoisotopic (exact) mass is 322 g/mol. The van der Waals surface area contributed by atoms with Gasteiger partial charge in [-0.05, 0) is 41.7 Å². The zero-order valence-electron chi connectivity index (χ0n) is 10.6. The minimum atomic E-state index is 0.196. The van der Waals surface area contributed by atoms with Gasteiger partial charge < -0.3 is 0 Å². The van der Waals surface area contributed by atoms with Crippen molar-refractivity contribution in [2.45, 2.75) is 25.1 Å². The smallest absolute Gasteiger partial charge is 0.0645 e. The molecule has 0 saturated carbocycles. The summed E-state index contributed by atoms with van der Waals surface area (Å²) >= 11 is 9.91. The van der Waals surface area contributed by atoms with Crippen LogP contribution in [0.15, 0.2) is 42.5 Å². The molecule has 0 aliphatic carbocycles. The van der Waals surface area contributed by atoms with Gasteiger partial charge in [0.15, 0.2) is 0 Å². The molecule has 2 rings (SSSR count). The van der Waals surface area contributed by atoms with E-state index in [0.29, 0.717) is 0 Å². The molecule has 0 fully saturated rings. The fraction of sp³-hybridized carbons (Fsp3) is 0.250. The van der Waals surface area contributed by atoms with Gasteiger partial charge in [-0.15, -0.1) is 0 Å². The molecule has 0 radical (unpaired) electrons. The van der Waals surface area contributed by atoms with Crippen molar-refractivity contribution in [2.24, 2.45) is 0 Å². The molecule has 0 nitrogen and oxygen atoms in total. The summed E-state index contributed by atoms with van der Waals surface area (Å²) in [5.41, 5.74) is 4.92. The van der Waals surface area contributed by atoms with Gasteiger partial charge in [-0.25, -0.2) is 0 Å². The van der Waals surface area contributed by atoms with Crippen LogP contribution in [0, 0.1) is 6.92 Å². The summed E-state index contributed by atoms with van der Waals surface area (Å²) in [6.45, 7) is 4.19. The standard InChI is InChI=1S/C16H16BrCl/c1-3-12-5-8-13(9-6-12)16(17)14-7-4-11(2)15(18)10-14/h4-10,16H,3H2,1-2H3. The topological polar surface area (TPSA) is 0 Å². The van der Waals surface area contributed by atoms with Gasteiger partial charge in [-0.3, -0.25) is 0 Å². The summed E-state index contributed by atoms with van der Waals surface area (Å²) in [4.78, 5) is 0.196. The Kier molecular flexibility index (Phi) is 4.47. The highest BCUT2D eigenvalue weighted by Gasteiger charge is 2.11. The first kappa shape index (κ1) is 13.6. The molecule has 0 heterocycles. The van der Waals surface area contributed by atoms with Crippen molar-refractivity contribution in [2.75, 3.05) is 0 Å². The van der Waals surface area contributed by atoms with Gasteiger partial charge >= 0.3 is 0 Å². The lowest BCUT2D eigenvalue weighted by molar-refractivity contribution is 1.11. The number of aryl methyl sites for hydroxylation is 2. The van der Waals surface area contributed by atoms with Crippen LogP contribution in [-0.2, 0) is 6.42 Å². The van der Waals surface area contributed by atoms with Crippen molar-refractivity contribution in [1.82, 2.24) is 0 Å². The fourth-order valence-electron chi connectivity index (χ4n) is 1.88. The van der Waals surface area contributed by atoms with Crippen molar-refractivity contribution < 1.29 is 0 Å². The van der Waals surface area contributed by atoms with Crippen LogP contribution in [0.4, 0.5) is 0 Å². The highest BCUT2D eigenvalue weighted by Crippen LogP contribution is 2.33. The first-order valence-electron chi connectivity index (χ1n) is 6.10. The van der Waals surface area contributed by atoms with Gasteiger partial charge in [0, 0.05) is 5.02 Å². The molecule has 2 aromatic carbocycles. The van der Waals surface area contributed by atoms with E-state index in [1.165, 1.54) is 16.7 Å². The zero-order valence-corrected chi connectivity index (χ0v) is 12.9. The molecule has 0 saturated heterocycles. The van der Waals surface area contributed by atoms with Crippen LogP contribution >= 0.6 is 27.5 Å². The van der Waals surface area contributed by atoms with E-state index in [1.807, 2.05) is 13.0 Å². The molecule has 0 N–H and O–H groups in total. The Morgan fingerprint density at radius 1 is 1.06 bits per heavy atom. The summed E-state index contributed by atoms with van der Waals surface area (Å²) in [5, 5.41) is 0.821. The molecule has 94 valence electrons. The molecule has 0 aromatic heterocycles. The molecule has 2 heteroatoms. The van der Waals surface area contributed by atoms with Gasteiger partial charge in [0.05, 0.1) is 4.83 Å². The Morgan fingerprint density at radius 2 is 1.67 bits per heavy atom. The fourth-order valence-corrected chi connectivity index (χ4v) is 2.66. The van der Waals surface area contributed by atoms with Gasteiger partial charge in [-0.2, -0.15) is 0 Å². The van der Waals surface area contributed by atoms with Gasteiger partial charge in [0.25, 0.3) is 0 Å². The summed E-state index contributed by atoms with van der Waals surface area (Å²) < 4.78 is 0. The number of hydrogen-bond acceptors (Lipinski definition) is 0. The normalized spacial score (nSPS) is 12.4. The highest BCUT2D eigenvalue weighted by molar-refractivity contribution is 9.09. The molecule has 0 aliphatic rings. The largest absolute Gasteiger partial charge is 0.0840 e. The zero-order chi connectivity index (χ0) is 13.1. The van der Waals surface area contributed by atoms with E-state index in [0.717, 1.165) is 17.0 Å². The number of halogens is 2. The Labute approximate surface area is 122 Å². The SMILES string of the molecule is CCc1ccc(C(Br)c2ccc(C)c(Cl)c2)cc1. The van der Waals surface area contributed by atoms with Crippen LogP contribution in [0.5, 0.6) is 0 Å². The Balaban J connectivity index is 2.28. The average molecular weight is 324 g/mol. The van der Waals surface area contributed by atoms with Gasteiger partial charge in [0.2, 0.25) is 0 Å². The van der Waals surface area contributed by atoms with Crippen molar-refractivity contribution >= 4 is 27.5 Å². The lowest BCUT2D eigenvalue weighted by Gasteiger charge is -2.12. The molecular formula is C16H16BrCl. The number of rotatable bonds is 3. The maximum atomic E-state index is 6.17. The average Bonchev–Trinajstić information content (AvgIpc) is 2.41. The predicted molar refractivity (Wildman–Crippen MR) is 82.8 cm³/mol. The van der Waals surface area contributed by atoms with E-state index >= 15 is 0 Å². The van der Waals surface area contributed by atoms with Crippen LogP contribution in [0.2, 0.25) is 5.02 Å². The molecular weight excluding hydrogens is 308 g/mol. The van der Waals surface area contributed by atoms with Crippen molar-refractivity contribution in [3.63, 3.8) is 0 Å².